The maximum absolute atomic E-state index is 13.7. The molecule has 1 N–H and O–H groups in total. The van der Waals surface area contributed by atoms with Gasteiger partial charge in [-0.05, 0) is 31.0 Å². The predicted molar refractivity (Wildman–Crippen MR) is 91.4 cm³/mol. The number of nitrogens with zero attached hydrogens (tertiary/aromatic N) is 2. The summed E-state index contributed by atoms with van der Waals surface area (Å²) in [6, 6.07) is 8.46. The Morgan fingerprint density at radius 2 is 2.21 bits per heavy atom. The molecule has 0 aliphatic carbocycles. The molecule has 4 nitrogen and oxygen atoms in total. The van der Waals surface area contributed by atoms with Gasteiger partial charge in [0.25, 0.3) is 5.91 Å². The summed E-state index contributed by atoms with van der Waals surface area (Å²) >= 11 is 5.98. The molecule has 0 radical (unpaired) electrons. The second-order valence-corrected chi connectivity index (χ2v) is 6.45. The average Bonchev–Trinajstić information content (AvgIpc) is 3.03. The van der Waals surface area contributed by atoms with Crippen molar-refractivity contribution < 1.29 is 9.18 Å². The van der Waals surface area contributed by atoms with Crippen molar-refractivity contribution in [2.75, 3.05) is 19.6 Å². The third-order valence-electron chi connectivity index (χ3n) is 4.29. The fraction of sp³-hybridized carbons (Fsp3) is 0.333. The Balaban J connectivity index is 1.49. The number of halogens is 2. The van der Waals surface area contributed by atoms with Gasteiger partial charge in [-0.1, -0.05) is 29.8 Å². The predicted octanol–water partition coefficient (Wildman–Crippen LogP) is 3.13. The number of pyridine rings is 1. The van der Waals surface area contributed by atoms with Gasteiger partial charge in [-0.3, -0.25) is 14.7 Å². The highest BCUT2D eigenvalue weighted by atomic mass is 35.5. The molecular weight excluding hydrogens is 329 g/mol. The lowest BCUT2D eigenvalue weighted by molar-refractivity contribution is 0.0947. The number of likely N-dealkylation sites (tertiary alicyclic amines) is 1. The minimum atomic E-state index is -0.185. The first-order chi connectivity index (χ1) is 11.6. The maximum Gasteiger partial charge on any atom is 0.252 e. The summed E-state index contributed by atoms with van der Waals surface area (Å²) in [7, 11) is 0. The molecule has 126 valence electrons. The van der Waals surface area contributed by atoms with Crippen LogP contribution in [0.5, 0.6) is 0 Å². The van der Waals surface area contributed by atoms with E-state index in [4.69, 9.17) is 11.6 Å². The highest BCUT2D eigenvalue weighted by Gasteiger charge is 2.24. The molecule has 6 heteroatoms. The minimum absolute atomic E-state index is 0.165. The number of benzene rings is 1. The van der Waals surface area contributed by atoms with E-state index in [1.807, 2.05) is 12.1 Å². The third kappa shape index (κ3) is 4.10. The summed E-state index contributed by atoms with van der Waals surface area (Å²) < 4.78 is 13.7. The molecule has 1 atom stereocenters. The molecule has 24 heavy (non-hydrogen) atoms. The van der Waals surface area contributed by atoms with Crippen molar-refractivity contribution in [3.8, 4) is 0 Å². The van der Waals surface area contributed by atoms with Crippen LogP contribution in [0.25, 0.3) is 0 Å². The molecule has 1 aromatic heterocycles. The summed E-state index contributed by atoms with van der Waals surface area (Å²) in [5, 5.41) is 3.28. The molecule has 1 aliphatic heterocycles. The number of carbonyl (C=O) groups excluding carboxylic acids is 1. The topological polar surface area (TPSA) is 45.2 Å². The number of hydrogen-bond acceptors (Lipinski definition) is 3. The molecule has 1 aliphatic rings. The van der Waals surface area contributed by atoms with E-state index in [1.165, 1.54) is 12.3 Å². The standard InChI is InChI=1S/C18H19ClFN3O/c19-16-10-21-7-5-15(16)18(24)22-9-13-6-8-23(11-13)12-14-3-1-2-4-17(14)20/h1-5,7,10,13H,6,8-9,11-12H2,(H,22,24). The maximum atomic E-state index is 13.7. The Morgan fingerprint density at radius 1 is 1.38 bits per heavy atom. The molecule has 0 saturated carbocycles. The molecular formula is C18H19ClFN3O. The quantitative estimate of drug-likeness (QED) is 0.903. The second-order valence-electron chi connectivity index (χ2n) is 6.05. The van der Waals surface area contributed by atoms with Crippen molar-refractivity contribution in [3.05, 3.63) is 64.7 Å². The van der Waals surface area contributed by atoms with Crippen molar-refractivity contribution in [2.45, 2.75) is 13.0 Å². The van der Waals surface area contributed by atoms with Gasteiger partial charge >= 0.3 is 0 Å². The lowest BCUT2D eigenvalue weighted by Gasteiger charge is -2.17. The van der Waals surface area contributed by atoms with Gasteiger partial charge < -0.3 is 5.32 Å². The van der Waals surface area contributed by atoms with Crippen LogP contribution < -0.4 is 5.32 Å². The van der Waals surface area contributed by atoms with Crippen LogP contribution in [0.1, 0.15) is 22.3 Å². The molecule has 1 unspecified atom stereocenters. The van der Waals surface area contributed by atoms with E-state index in [0.717, 1.165) is 19.5 Å². The van der Waals surface area contributed by atoms with Crippen LogP contribution in [0, 0.1) is 11.7 Å². The van der Waals surface area contributed by atoms with Crippen molar-refractivity contribution >= 4 is 17.5 Å². The first-order valence-corrected chi connectivity index (χ1v) is 8.35. The zero-order chi connectivity index (χ0) is 16.9. The number of aromatic nitrogens is 1. The van der Waals surface area contributed by atoms with Gasteiger partial charge in [0.05, 0.1) is 10.6 Å². The SMILES string of the molecule is O=C(NCC1CCN(Cc2ccccc2F)C1)c1ccncc1Cl. The van der Waals surface area contributed by atoms with Crippen LogP contribution in [0.15, 0.2) is 42.7 Å². The van der Waals surface area contributed by atoms with Crippen LogP contribution in [0.3, 0.4) is 0 Å². The third-order valence-corrected chi connectivity index (χ3v) is 4.59. The molecule has 1 fully saturated rings. The van der Waals surface area contributed by atoms with E-state index in [9.17, 15) is 9.18 Å². The van der Waals surface area contributed by atoms with E-state index in [0.29, 0.717) is 35.2 Å². The first kappa shape index (κ1) is 16.9. The number of amides is 1. The average molecular weight is 348 g/mol. The van der Waals surface area contributed by atoms with E-state index >= 15 is 0 Å². The summed E-state index contributed by atoms with van der Waals surface area (Å²) in [6.45, 7) is 2.95. The van der Waals surface area contributed by atoms with E-state index < -0.39 is 0 Å². The zero-order valence-corrected chi connectivity index (χ0v) is 14.0. The van der Waals surface area contributed by atoms with Crippen molar-refractivity contribution in [1.82, 2.24) is 15.2 Å². The van der Waals surface area contributed by atoms with E-state index in [-0.39, 0.29) is 11.7 Å². The molecule has 1 amide bonds. The molecule has 0 spiro atoms. The molecule has 2 aromatic rings. The van der Waals surface area contributed by atoms with Crippen molar-refractivity contribution in [3.63, 3.8) is 0 Å². The minimum Gasteiger partial charge on any atom is -0.352 e. The second kappa shape index (κ2) is 7.73. The van der Waals surface area contributed by atoms with Gasteiger partial charge in [-0.25, -0.2) is 4.39 Å². The summed E-state index contributed by atoms with van der Waals surface area (Å²) in [6.07, 6.45) is 3.99. The molecule has 1 aromatic carbocycles. The molecule has 3 rings (SSSR count). The molecule has 1 saturated heterocycles. The van der Waals surface area contributed by atoms with Gasteiger partial charge in [0.2, 0.25) is 0 Å². The monoisotopic (exact) mass is 347 g/mol. The van der Waals surface area contributed by atoms with Crippen LogP contribution in [0.4, 0.5) is 4.39 Å². The highest BCUT2D eigenvalue weighted by molar-refractivity contribution is 6.33. The number of rotatable bonds is 5. The smallest absolute Gasteiger partial charge is 0.252 e. The van der Waals surface area contributed by atoms with Crippen LogP contribution in [-0.2, 0) is 6.54 Å². The van der Waals surface area contributed by atoms with Crippen LogP contribution >= 0.6 is 11.6 Å². The summed E-state index contributed by atoms with van der Waals surface area (Å²) in [4.78, 5) is 18.2. The first-order valence-electron chi connectivity index (χ1n) is 7.97. The van der Waals surface area contributed by atoms with E-state index in [1.54, 1.807) is 18.3 Å². The normalized spacial score (nSPS) is 17.8. The van der Waals surface area contributed by atoms with E-state index in [2.05, 4.69) is 15.2 Å². The summed E-state index contributed by atoms with van der Waals surface area (Å²) in [5.41, 5.74) is 1.15. The fourth-order valence-electron chi connectivity index (χ4n) is 2.98. The van der Waals surface area contributed by atoms with Gasteiger partial charge in [0, 0.05) is 37.6 Å². The fourth-order valence-corrected chi connectivity index (χ4v) is 3.19. The van der Waals surface area contributed by atoms with Gasteiger partial charge in [-0.15, -0.1) is 0 Å². The number of hydrogen-bond donors (Lipinski definition) is 1. The Kier molecular flexibility index (Phi) is 5.43. The Hall–Kier alpha value is -1.98. The number of carbonyl (C=O) groups is 1. The Bertz CT molecular complexity index is 725. The molecule has 0 bridgehead atoms. The largest absolute Gasteiger partial charge is 0.352 e. The lowest BCUT2D eigenvalue weighted by atomic mass is 10.1. The zero-order valence-electron chi connectivity index (χ0n) is 13.2. The van der Waals surface area contributed by atoms with Crippen molar-refractivity contribution in [1.29, 1.82) is 0 Å². The van der Waals surface area contributed by atoms with Crippen molar-refractivity contribution in [2.24, 2.45) is 5.92 Å². The van der Waals surface area contributed by atoms with Gasteiger partial charge in [-0.2, -0.15) is 0 Å². The van der Waals surface area contributed by atoms with Crippen LogP contribution in [-0.4, -0.2) is 35.4 Å². The highest BCUT2D eigenvalue weighted by Crippen LogP contribution is 2.20. The molecule has 2 heterocycles. The lowest BCUT2D eigenvalue weighted by Crippen LogP contribution is -2.31. The number of nitrogens with one attached hydrogen (secondary N) is 1. The van der Waals surface area contributed by atoms with Crippen LogP contribution in [0.2, 0.25) is 5.02 Å². The van der Waals surface area contributed by atoms with Gasteiger partial charge in [0.15, 0.2) is 0 Å². The Labute approximate surface area is 145 Å². The van der Waals surface area contributed by atoms with Gasteiger partial charge in [0.1, 0.15) is 5.82 Å². The summed E-state index contributed by atoms with van der Waals surface area (Å²) in [5.74, 6) is 0.0119. The Morgan fingerprint density at radius 3 is 3.00 bits per heavy atom.